The summed E-state index contributed by atoms with van der Waals surface area (Å²) in [6, 6.07) is 9.82. The highest BCUT2D eigenvalue weighted by atomic mass is 32.1. The van der Waals surface area contributed by atoms with Gasteiger partial charge in [-0.15, -0.1) is 16.4 Å². The van der Waals surface area contributed by atoms with Crippen LogP contribution in [0.5, 0.6) is 0 Å². The minimum atomic E-state index is -0.243. The number of rotatable bonds is 6. The van der Waals surface area contributed by atoms with Gasteiger partial charge in [-0.05, 0) is 54.8 Å². The van der Waals surface area contributed by atoms with Gasteiger partial charge in [0.2, 0.25) is 0 Å². The monoisotopic (exact) mass is 426 g/mol. The molecule has 4 rings (SSSR count). The molecule has 2 aromatic heterocycles. The molecule has 150 valence electrons. The normalized spacial score (nSPS) is 13.0. The first-order valence-electron chi connectivity index (χ1n) is 9.76. The first-order chi connectivity index (χ1) is 14.2. The molecule has 6 nitrogen and oxygen atoms in total. The zero-order valence-electron chi connectivity index (χ0n) is 16.2. The number of carbonyl (C=O) groups excluding carboxylic acids is 2. The van der Waals surface area contributed by atoms with Crippen LogP contribution in [0.15, 0.2) is 30.3 Å². The van der Waals surface area contributed by atoms with Gasteiger partial charge in [-0.25, -0.2) is 0 Å². The van der Waals surface area contributed by atoms with E-state index in [-0.39, 0.29) is 11.8 Å². The smallest absolute Gasteiger partial charge is 0.269 e. The van der Waals surface area contributed by atoms with Crippen molar-refractivity contribution < 1.29 is 9.59 Å². The molecule has 0 spiro atoms. The van der Waals surface area contributed by atoms with E-state index in [4.69, 9.17) is 0 Å². The second-order valence-electron chi connectivity index (χ2n) is 6.94. The summed E-state index contributed by atoms with van der Waals surface area (Å²) < 4.78 is 3.90. The van der Waals surface area contributed by atoms with Gasteiger partial charge in [0, 0.05) is 11.4 Å². The Morgan fingerprint density at radius 2 is 1.90 bits per heavy atom. The van der Waals surface area contributed by atoms with Crippen molar-refractivity contribution in [2.24, 2.45) is 0 Å². The summed E-state index contributed by atoms with van der Waals surface area (Å²) in [7, 11) is 0. The Hall–Kier alpha value is -2.58. The third-order valence-electron chi connectivity index (χ3n) is 5.02. The van der Waals surface area contributed by atoms with Gasteiger partial charge >= 0.3 is 0 Å². The molecular weight excluding hydrogens is 404 g/mol. The topological polar surface area (TPSA) is 84.0 Å². The molecule has 0 radical (unpaired) electrons. The number of carbonyl (C=O) groups is 2. The maximum absolute atomic E-state index is 13.1. The van der Waals surface area contributed by atoms with E-state index >= 15 is 0 Å². The number of benzene rings is 1. The number of anilines is 1. The molecule has 0 saturated carbocycles. The van der Waals surface area contributed by atoms with Crippen LogP contribution in [0.3, 0.4) is 0 Å². The van der Waals surface area contributed by atoms with E-state index in [1.165, 1.54) is 16.2 Å². The van der Waals surface area contributed by atoms with Gasteiger partial charge < -0.3 is 10.6 Å². The van der Waals surface area contributed by atoms with E-state index in [0.717, 1.165) is 48.3 Å². The Bertz CT molecular complexity index is 1030. The van der Waals surface area contributed by atoms with Gasteiger partial charge in [0.05, 0.1) is 11.3 Å². The van der Waals surface area contributed by atoms with E-state index < -0.39 is 0 Å². The predicted octanol–water partition coefficient (Wildman–Crippen LogP) is 4.22. The number of hydrogen-bond acceptors (Lipinski definition) is 6. The lowest BCUT2D eigenvalue weighted by Crippen LogP contribution is -2.25. The van der Waals surface area contributed by atoms with E-state index in [0.29, 0.717) is 34.1 Å². The second-order valence-corrected chi connectivity index (χ2v) is 8.80. The van der Waals surface area contributed by atoms with E-state index in [1.807, 2.05) is 37.3 Å². The van der Waals surface area contributed by atoms with E-state index in [2.05, 4.69) is 20.2 Å². The summed E-state index contributed by atoms with van der Waals surface area (Å²) >= 11 is 2.61. The SMILES string of the molecule is CCc1nnsc1C(=O)Nc1sc2c(c1C(=O)NCc1ccccc1)CCCC2. The van der Waals surface area contributed by atoms with Crippen LogP contribution < -0.4 is 10.6 Å². The number of aryl methyl sites for hydroxylation is 2. The second kappa shape index (κ2) is 8.84. The summed E-state index contributed by atoms with van der Waals surface area (Å²) in [5, 5.41) is 10.6. The third kappa shape index (κ3) is 4.23. The Balaban J connectivity index is 1.59. The van der Waals surface area contributed by atoms with E-state index in [1.54, 1.807) is 0 Å². The Morgan fingerprint density at radius 1 is 1.10 bits per heavy atom. The van der Waals surface area contributed by atoms with Crippen LogP contribution in [0, 0.1) is 0 Å². The van der Waals surface area contributed by atoms with Gasteiger partial charge in [-0.3, -0.25) is 9.59 Å². The highest BCUT2D eigenvalue weighted by molar-refractivity contribution is 7.17. The Labute approximate surface area is 177 Å². The maximum atomic E-state index is 13.1. The Morgan fingerprint density at radius 3 is 2.69 bits per heavy atom. The summed E-state index contributed by atoms with van der Waals surface area (Å²) in [5.41, 5.74) is 3.42. The highest BCUT2D eigenvalue weighted by Crippen LogP contribution is 2.38. The summed E-state index contributed by atoms with van der Waals surface area (Å²) in [6.45, 7) is 2.40. The molecular formula is C21H22N4O2S2. The average molecular weight is 427 g/mol. The molecule has 0 unspecified atom stereocenters. The molecule has 0 saturated heterocycles. The summed E-state index contributed by atoms with van der Waals surface area (Å²) in [5.74, 6) is -0.380. The van der Waals surface area contributed by atoms with Crippen molar-refractivity contribution in [3.05, 3.63) is 62.5 Å². The van der Waals surface area contributed by atoms with Crippen molar-refractivity contribution in [1.29, 1.82) is 0 Å². The first-order valence-corrected chi connectivity index (χ1v) is 11.4. The summed E-state index contributed by atoms with van der Waals surface area (Å²) in [6.07, 6.45) is 4.65. The number of thiophene rings is 1. The van der Waals surface area contributed by atoms with Gasteiger partial charge in [0.25, 0.3) is 11.8 Å². The van der Waals surface area contributed by atoms with Crippen molar-refractivity contribution in [3.8, 4) is 0 Å². The number of amides is 2. The zero-order valence-corrected chi connectivity index (χ0v) is 17.8. The van der Waals surface area contributed by atoms with Crippen LogP contribution in [0.1, 0.15) is 61.5 Å². The highest BCUT2D eigenvalue weighted by Gasteiger charge is 2.27. The number of hydrogen-bond donors (Lipinski definition) is 2. The van der Waals surface area contributed by atoms with Crippen LogP contribution in [0.25, 0.3) is 0 Å². The van der Waals surface area contributed by atoms with Crippen LogP contribution >= 0.6 is 22.9 Å². The van der Waals surface area contributed by atoms with Crippen molar-refractivity contribution in [1.82, 2.24) is 14.9 Å². The number of nitrogens with zero attached hydrogens (tertiary/aromatic N) is 2. The number of fused-ring (bicyclic) bond motifs is 1. The van der Waals surface area contributed by atoms with Crippen LogP contribution in [-0.4, -0.2) is 21.4 Å². The molecule has 2 heterocycles. The molecule has 0 bridgehead atoms. The number of nitrogens with one attached hydrogen (secondary N) is 2. The minimum Gasteiger partial charge on any atom is -0.348 e. The lowest BCUT2D eigenvalue weighted by molar-refractivity contribution is 0.0951. The first kappa shape index (κ1) is 19.7. The molecule has 2 amide bonds. The molecule has 8 heteroatoms. The van der Waals surface area contributed by atoms with Gasteiger partial charge in [0.1, 0.15) is 9.88 Å². The third-order valence-corrected chi connectivity index (χ3v) is 6.99. The molecule has 1 aliphatic carbocycles. The van der Waals surface area contributed by atoms with Gasteiger partial charge in [-0.2, -0.15) is 0 Å². The van der Waals surface area contributed by atoms with Crippen molar-refractivity contribution >= 4 is 39.7 Å². The standard InChI is InChI=1S/C21H22N4O2S2/c1-2-15-18(29-25-24-15)20(27)23-21-17(14-10-6-7-11-16(14)28-21)19(26)22-12-13-8-4-3-5-9-13/h3-5,8-9H,2,6-7,10-12H2,1H3,(H,22,26)(H,23,27). The lowest BCUT2D eigenvalue weighted by Gasteiger charge is -2.13. The molecule has 3 aromatic rings. The molecule has 1 aliphatic rings. The Kier molecular flexibility index (Phi) is 6.01. The maximum Gasteiger partial charge on any atom is 0.269 e. The van der Waals surface area contributed by atoms with Crippen LogP contribution in [-0.2, 0) is 25.8 Å². The van der Waals surface area contributed by atoms with Crippen LogP contribution in [0.2, 0.25) is 0 Å². The predicted molar refractivity (Wildman–Crippen MR) is 116 cm³/mol. The fourth-order valence-electron chi connectivity index (χ4n) is 3.53. The minimum absolute atomic E-state index is 0.137. The molecule has 29 heavy (non-hydrogen) atoms. The molecule has 0 aliphatic heterocycles. The fourth-order valence-corrected chi connectivity index (χ4v) is 5.46. The lowest BCUT2D eigenvalue weighted by atomic mass is 9.95. The molecule has 1 aromatic carbocycles. The molecule has 0 atom stereocenters. The van der Waals surface area contributed by atoms with Crippen LogP contribution in [0.4, 0.5) is 5.00 Å². The summed E-state index contributed by atoms with van der Waals surface area (Å²) in [4.78, 5) is 27.6. The van der Waals surface area contributed by atoms with Gasteiger partial charge in [-0.1, -0.05) is 41.7 Å². The molecule has 0 fully saturated rings. The largest absolute Gasteiger partial charge is 0.348 e. The number of aromatic nitrogens is 2. The van der Waals surface area contributed by atoms with Crippen molar-refractivity contribution in [3.63, 3.8) is 0 Å². The van der Waals surface area contributed by atoms with E-state index in [9.17, 15) is 9.59 Å². The fraction of sp³-hybridized carbons (Fsp3) is 0.333. The zero-order chi connectivity index (χ0) is 20.2. The van der Waals surface area contributed by atoms with Crippen molar-refractivity contribution in [2.75, 3.05) is 5.32 Å². The van der Waals surface area contributed by atoms with Gasteiger partial charge in [0.15, 0.2) is 0 Å². The average Bonchev–Trinajstić information content (AvgIpc) is 3.37. The van der Waals surface area contributed by atoms with Crippen molar-refractivity contribution in [2.45, 2.75) is 45.6 Å². The molecule has 2 N–H and O–H groups in total. The quantitative estimate of drug-likeness (QED) is 0.618.